The van der Waals surface area contributed by atoms with E-state index in [0.29, 0.717) is 5.69 Å². The normalized spacial score (nSPS) is 18.2. The Morgan fingerprint density at radius 1 is 1.00 bits per heavy atom. The molecule has 4 nitrogen and oxygen atoms in total. The maximum absolute atomic E-state index is 13.3. The highest BCUT2D eigenvalue weighted by atomic mass is 32.2. The zero-order chi connectivity index (χ0) is 23.5. The van der Waals surface area contributed by atoms with Gasteiger partial charge in [-0.25, -0.2) is 8.42 Å². The second kappa shape index (κ2) is 7.51. The molecule has 0 aliphatic carbocycles. The number of alkyl halides is 6. The van der Waals surface area contributed by atoms with Crippen LogP contribution in [-0.4, -0.2) is 24.3 Å². The third-order valence-corrected chi connectivity index (χ3v) is 7.55. The molecule has 0 saturated carbocycles. The molecule has 0 bridgehead atoms. The number of rotatable bonds is 3. The van der Waals surface area contributed by atoms with Gasteiger partial charge in [0.15, 0.2) is 0 Å². The average molecular weight is 476 g/mol. The Morgan fingerprint density at radius 2 is 1.59 bits per heavy atom. The number of halogens is 6. The van der Waals surface area contributed by atoms with Gasteiger partial charge in [-0.05, 0) is 42.7 Å². The van der Waals surface area contributed by atoms with Gasteiger partial charge in [-0.2, -0.15) is 30.6 Å². The van der Waals surface area contributed by atoms with E-state index in [9.17, 15) is 34.8 Å². The molecular formula is C21H18F6N2O2S. The fourth-order valence-corrected chi connectivity index (χ4v) is 5.95. The van der Waals surface area contributed by atoms with Gasteiger partial charge in [0, 0.05) is 23.1 Å². The number of aromatic nitrogens is 1. The SMILES string of the molecule is CCC1c2[nH]c3ccccc3c2CCN1S(=O)(=O)c1cc(C(F)(F)F)cc(C(F)(F)F)c1. The first-order valence-electron chi connectivity index (χ1n) is 9.75. The lowest BCUT2D eigenvalue weighted by molar-refractivity contribution is -0.143. The van der Waals surface area contributed by atoms with E-state index in [4.69, 9.17) is 0 Å². The highest BCUT2D eigenvalue weighted by Gasteiger charge is 2.41. The minimum Gasteiger partial charge on any atom is -0.357 e. The van der Waals surface area contributed by atoms with Crippen LogP contribution in [0.3, 0.4) is 0 Å². The van der Waals surface area contributed by atoms with Crippen molar-refractivity contribution < 1.29 is 34.8 Å². The van der Waals surface area contributed by atoms with Crippen molar-refractivity contribution in [1.82, 2.24) is 9.29 Å². The van der Waals surface area contributed by atoms with Crippen LogP contribution in [0.5, 0.6) is 0 Å². The number of sulfonamides is 1. The van der Waals surface area contributed by atoms with Crippen LogP contribution in [0.1, 0.15) is 41.8 Å². The number of H-pyrrole nitrogens is 1. The molecule has 1 aromatic heterocycles. The molecule has 0 amide bonds. The standard InChI is InChI=1S/C21H18F6N2O2S/c1-2-18-19-16(15-5-3-4-6-17(15)28-19)7-8-29(18)32(30,31)14-10-12(20(22,23)24)9-13(11-14)21(25,26)27/h3-6,9-11,18,28H,2,7-8H2,1H3. The lowest BCUT2D eigenvalue weighted by Gasteiger charge is -2.34. The molecule has 0 fully saturated rings. The van der Waals surface area contributed by atoms with Crippen molar-refractivity contribution in [3.63, 3.8) is 0 Å². The first-order chi connectivity index (χ1) is 14.8. The van der Waals surface area contributed by atoms with Gasteiger partial charge in [0.05, 0.1) is 22.1 Å². The number of hydrogen-bond donors (Lipinski definition) is 1. The lowest BCUT2D eigenvalue weighted by Crippen LogP contribution is -2.40. The van der Waals surface area contributed by atoms with Crippen LogP contribution in [-0.2, 0) is 28.8 Å². The Labute approximate surface area is 179 Å². The maximum atomic E-state index is 13.3. The Hall–Kier alpha value is -2.53. The summed E-state index contributed by atoms with van der Waals surface area (Å²) in [5, 5.41) is 0.913. The van der Waals surface area contributed by atoms with Gasteiger partial charge in [0.25, 0.3) is 0 Å². The Balaban J connectivity index is 1.84. The molecular weight excluding hydrogens is 458 g/mol. The zero-order valence-corrected chi connectivity index (χ0v) is 17.5. The molecule has 1 N–H and O–H groups in total. The maximum Gasteiger partial charge on any atom is 0.416 e. The minimum absolute atomic E-state index is 0.0622. The van der Waals surface area contributed by atoms with Crippen LogP contribution in [0.2, 0.25) is 0 Å². The van der Waals surface area contributed by atoms with E-state index in [1.807, 2.05) is 18.2 Å². The Kier molecular flexibility index (Phi) is 5.32. The van der Waals surface area contributed by atoms with Gasteiger partial charge in [-0.15, -0.1) is 0 Å². The van der Waals surface area contributed by atoms with Crippen molar-refractivity contribution in [2.75, 3.05) is 6.54 Å². The summed E-state index contributed by atoms with van der Waals surface area (Å²) in [6.45, 7) is 1.65. The quantitative estimate of drug-likeness (QED) is 0.479. The third kappa shape index (κ3) is 3.77. The van der Waals surface area contributed by atoms with Crippen LogP contribution in [0.25, 0.3) is 10.9 Å². The zero-order valence-electron chi connectivity index (χ0n) is 16.7. The number of nitrogens with zero attached hydrogens (tertiary/aromatic N) is 1. The van der Waals surface area contributed by atoms with Crippen molar-refractivity contribution in [3.05, 3.63) is 64.8 Å². The molecule has 1 atom stereocenters. The van der Waals surface area contributed by atoms with Crippen LogP contribution in [0, 0.1) is 0 Å². The molecule has 0 saturated heterocycles. The van der Waals surface area contributed by atoms with E-state index in [2.05, 4.69) is 4.98 Å². The summed E-state index contributed by atoms with van der Waals surface area (Å²) >= 11 is 0. The highest BCUT2D eigenvalue weighted by Crippen LogP contribution is 2.42. The largest absolute Gasteiger partial charge is 0.416 e. The molecule has 172 valence electrons. The van der Waals surface area contributed by atoms with Gasteiger partial charge in [-0.1, -0.05) is 25.1 Å². The van der Waals surface area contributed by atoms with Crippen LogP contribution >= 0.6 is 0 Å². The molecule has 3 aromatic rings. The summed E-state index contributed by atoms with van der Waals surface area (Å²) in [5.41, 5.74) is -1.04. The first kappa shape index (κ1) is 22.7. The van der Waals surface area contributed by atoms with Gasteiger partial charge in [0.2, 0.25) is 10.0 Å². The molecule has 1 unspecified atom stereocenters. The summed E-state index contributed by atoms with van der Waals surface area (Å²) in [6, 6.07) is 7.03. The van der Waals surface area contributed by atoms with E-state index in [0.717, 1.165) is 20.8 Å². The smallest absolute Gasteiger partial charge is 0.357 e. The summed E-state index contributed by atoms with van der Waals surface area (Å²) in [6.07, 6.45) is -9.71. The van der Waals surface area contributed by atoms with Crippen LogP contribution in [0.4, 0.5) is 26.3 Å². The van der Waals surface area contributed by atoms with E-state index >= 15 is 0 Å². The Bertz CT molecular complexity index is 1250. The summed E-state index contributed by atoms with van der Waals surface area (Å²) in [4.78, 5) is 2.15. The molecule has 1 aliphatic heterocycles. The average Bonchev–Trinajstić information content (AvgIpc) is 3.10. The molecule has 0 radical (unpaired) electrons. The van der Waals surface area contributed by atoms with Gasteiger partial charge >= 0.3 is 12.4 Å². The summed E-state index contributed by atoms with van der Waals surface area (Å²) < 4.78 is 107. The van der Waals surface area contributed by atoms with Crippen molar-refractivity contribution in [2.24, 2.45) is 0 Å². The molecule has 0 spiro atoms. The first-order valence-corrected chi connectivity index (χ1v) is 11.2. The molecule has 4 rings (SSSR count). The van der Waals surface area contributed by atoms with Crippen LogP contribution in [0.15, 0.2) is 47.4 Å². The second-order valence-corrected chi connectivity index (χ2v) is 9.48. The summed E-state index contributed by atoms with van der Waals surface area (Å²) in [5.74, 6) is 0. The molecule has 2 heterocycles. The number of fused-ring (bicyclic) bond motifs is 3. The van der Waals surface area contributed by atoms with Crippen LogP contribution < -0.4 is 0 Å². The van der Waals surface area contributed by atoms with Crippen molar-refractivity contribution >= 4 is 20.9 Å². The topological polar surface area (TPSA) is 53.2 Å². The third-order valence-electron chi connectivity index (χ3n) is 5.66. The molecule has 11 heteroatoms. The molecule has 2 aromatic carbocycles. The number of para-hydroxylation sites is 1. The molecule has 1 aliphatic rings. The predicted octanol–water partition coefficient (Wildman–Crippen LogP) is 5.90. The van der Waals surface area contributed by atoms with Crippen molar-refractivity contribution in [3.8, 4) is 0 Å². The van der Waals surface area contributed by atoms with Crippen molar-refractivity contribution in [2.45, 2.75) is 43.1 Å². The fraction of sp³-hybridized carbons (Fsp3) is 0.333. The van der Waals surface area contributed by atoms with Crippen molar-refractivity contribution in [1.29, 1.82) is 0 Å². The van der Waals surface area contributed by atoms with E-state index in [1.54, 1.807) is 13.0 Å². The van der Waals surface area contributed by atoms with Gasteiger partial charge in [-0.3, -0.25) is 0 Å². The van der Waals surface area contributed by atoms with Gasteiger partial charge < -0.3 is 4.98 Å². The van der Waals surface area contributed by atoms with E-state index in [1.165, 1.54) is 0 Å². The number of benzene rings is 2. The summed E-state index contributed by atoms with van der Waals surface area (Å²) in [7, 11) is -4.66. The lowest BCUT2D eigenvalue weighted by atomic mass is 9.98. The number of aromatic amines is 1. The van der Waals surface area contributed by atoms with E-state index < -0.39 is 44.4 Å². The minimum atomic E-state index is -5.14. The Morgan fingerprint density at radius 3 is 2.16 bits per heavy atom. The highest BCUT2D eigenvalue weighted by molar-refractivity contribution is 7.89. The monoisotopic (exact) mass is 476 g/mol. The predicted molar refractivity (Wildman–Crippen MR) is 105 cm³/mol. The molecule has 32 heavy (non-hydrogen) atoms. The second-order valence-electron chi connectivity index (χ2n) is 7.59. The van der Waals surface area contributed by atoms with Gasteiger partial charge in [0.1, 0.15) is 0 Å². The van der Waals surface area contributed by atoms with E-state index in [-0.39, 0.29) is 37.6 Å². The fourth-order valence-electron chi connectivity index (χ4n) is 4.20. The number of nitrogens with one attached hydrogen (secondary N) is 1. The number of hydrogen-bond acceptors (Lipinski definition) is 2.